The first-order chi connectivity index (χ1) is 8.70. The lowest BCUT2D eigenvalue weighted by Crippen LogP contribution is -2.90. The van der Waals surface area contributed by atoms with Crippen molar-refractivity contribution in [2.75, 3.05) is 0 Å². The van der Waals surface area contributed by atoms with Crippen LogP contribution in [0.15, 0.2) is 24.3 Å². The second-order valence-corrected chi connectivity index (χ2v) is 6.04. The molecule has 1 aromatic carbocycles. The molecule has 1 nitrogen and oxygen atoms in total. The molecule has 1 aliphatic rings. The van der Waals surface area contributed by atoms with E-state index < -0.39 is 0 Å². The smallest absolute Gasteiger partial charge is 0.101 e. The van der Waals surface area contributed by atoms with Crippen LogP contribution in [-0.2, 0) is 13.0 Å². The van der Waals surface area contributed by atoms with Gasteiger partial charge < -0.3 is 5.32 Å². The van der Waals surface area contributed by atoms with Crippen LogP contribution in [0.4, 0.5) is 0 Å². The van der Waals surface area contributed by atoms with E-state index in [-0.39, 0.29) is 0 Å². The molecule has 1 heteroatoms. The van der Waals surface area contributed by atoms with E-state index in [0.29, 0.717) is 0 Å². The first-order valence-electron chi connectivity index (χ1n) is 7.62. The van der Waals surface area contributed by atoms with Crippen LogP contribution < -0.4 is 5.32 Å². The van der Waals surface area contributed by atoms with Gasteiger partial charge in [-0.1, -0.05) is 45.0 Å². The third kappa shape index (κ3) is 3.35. The summed E-state index contributed by atoms with van der Waals surface area (Å²) < 4.78 is 0. The Morgan fingerprint density at radius 1 is 1.06 bits per heavy atom. The second kappa shape index (κ2) is 6.38. The third-order valence-electron chi connectivity index (χ3n) is 4.86. The van der Waals surface area contributed by atoms with Gasteiger partial charge in [0.25, 0.3) is 0 Å². The van der Waals surface area contributed by atoms with Crippen molar-refractivity contribution in [2.24, 2.45) is 11.8 Å². The van der Waals surface area contributed by atoms with Crippen LogP contribution >= 0.6 is 0 Å². The molecule has 0 aromatic heterocycles. The van der Waals surface area contributed by atoms with Gasteiger partial charge in [-0.3, -0.25) is 0 Å². The number of hydrogen-bond donors (Lipinski definition) is 1. The summed E-state index contributed by atoms with van der Waals surface area (Å²) in [5, 5.41) is 2.57. The predicted octanol–water partition coefficient (Wildman–Crippen LogP) is 3.14. The Balaban J connectivity index is 1.86. The number of nitrogens with two attached hydrogens (primary N) is 1. The zero-order valence-corrected chi connectivity index (χ0v) is 12.2. The molecule has 1 saturated carbocycles. The minimum atomic E-state index is 0.833. The first kappa shape index (κ1) is 13.6. The van der Waals surface area contributed by atoms with Gasteiger partial charge in [0.2, 0.25) is 0 Å². The summed E-state index contributed by atoms with van der Waals surface area (Å²) >= 11 is 0. The topological polar surface area (TPSA) is 16.6 Å². The van der Waals surface area contributed by atoms with E-state index in [1.54, 1.807) is 0 Å². The molecule has 18 heavy (non-hydrogen) atoms. The molecule has 0 saturated heterocycles. The fourth-order valence-electron chi connectivity index (χ4n) is 3.15. The lowest BCUT2D eigenvalue weighted by Gasteiger charge is -2.32. The van der Waals surface area contributed by atoms with Crippen molar-refractivity contribution in [2.45, 2.75) is 59.0 Å². The normalized spacial score (nSPS) is 28.3. The fraction of sp³-hybridized carbons (Fsp3) is 0.647. The maximum absolute atomic E-state index is 2.57. The summed E-state index contributed by atoms with van der Waals surface area (Å²) in [5.41, 5.74) is 2.91. The van der Waals surface area contributed by atoms with E-state index in [2.05, 4.69) is 50.4 Å². The molecule has 2 rings (SSSR count). The molecule has 100 valence electrons. The largest absolute Gasteiger partial charge is 0.340 e. The summed E-state index contributed by atoms with van der Waals surface area (Å²) in [4.78, 5) is 0. The number of aryl methyl sites for hydroxylation is 1. The van der Waals surface area contributed by atoms with E-state index in [9.17, 15) is 0 Å². The number of rotatable bonds is 4. The minimum absolute atomic E-state index is 0.833. The molecule has 0 unspecified atom stereocenters. The number of hydrogen-bond acceptors (Lipinski definition) is 0. The molecular formula is C17H28N+. The molecule has 2 N–H and O–H groups in total. The molecule has 0 radical (unpaired) electrons. The van der Waals surface area contributed by atoms with Gasteiger partial charge in [-0.15, -0.1) is 0 Å². The van der Waals surface area contributed by atoms with E-state index in [1.165, 1.54) is 30.4 Å². The molecule has 1 aliphatic carbocycles. The molecule has 1 fully saturated rings. The van der Waals surface area contributed by atoms with Crippen molar-refractivity contribution < 1.29 is 5.32 Å². The number of benzene rings is 1. The van der Waals surface area contributed by atoms with Gasteiger partial charge in [-0.2, -0.15) is 0 Å². The lowest BCUT2D eigenvalue weighted by molar-refractivity contribution is -0.713. The van der Waals surface area contributed by atoms with Crippen molar-refractivity contribution in [1.29, 1.82) is 0 Å². The van der Waals surface area contributed by atoms with E-state index in [0.717, 1.165) is 30.8 Å². The van der Waals surface area contributed by atoms with Gasteiger partial charge >= 0.3 is 0 Å². The molecule has 0 amide bonds. The Morgan fingerprint density at radius 3 is 2.39 bits per heavy atom. The van der Waals surface area contributed by atoms with Gasteiger partial charge in [0, 0.05) is 11.5 Å². The summed E-state index contributed by atoms with van der Waals surface area (Å²) in [7, 11) is 0. The van der Waals surface area contributed by atoms with Crippen molar-refractivity contribution in [3.05, 3.63) is 35.4 Å². The number of quaternary nitrogens is 1. The average molecular weight is 246 g/mol. The van der Waals surface area contributed by atoms with Crippen LogP contribution in [0.25, 0.3) is 0 Å². The predicted molar refractivity (Wildman–Crippen MR) is 77.4 cm³/mol. The monoisotopic (exact) mass is 246 g/mol. The Kier molecular flexibility index (Phi) is 4.82. The molecule has 0 heterocycles. The molecule has 0 aliphatic heterocycles. The standard InChI is InChI=1S/C17H27N/c1-4-15-8-10-16(11-9-15)12-18-17-7-5-6-13(2)14(17)3/h8-11,13-14,17-18H,4-7,12H2,1-3H3/p+1/t13-,14+,17-/m1/s1. The highest BCUT2D eigenvalue weighted by molar-refractivity contribution is 5.21. The zero-order valence-electron chi connectivity index (χ0n) is 12.2. The molecule has 3 atom stereocenters. The highest BCUT2D eigenvalue weighted by Crippen LogP contribution is 2.27. The van der Waals surface area contributed by atoms with Gasteiger partial charge in [0.1, 0.15) is 6.54 Å². The van der Waals surface area contributed by atoms with Crippen LogP contribution in [0.2, 0.25) is 0 Å². The van der Waals surface area contributed by atoms with Crippen LogP contribution in [-0.4, -0.2) is 6.04 Å². The van der Waals surface area contributed by atoms with E-state index >= 15 is 0 Å². The average Bonchev–Trinajstić information content (AvgIpc) is 2.41. The van der Waals surface area contributed by atoms with Gasteiger partial charge in [-0.25, -0.2) is 0 Å². The zero-order chi connectivity index (χ0) is 13.0. The quantitative estimate of drug-likeness (QED) is 0.840. The minimum Gasteiger partial charge on any atom is -0.340 e. The van der Waals surface area contributed by atoms with Crippen LogP contribution in [0.5, 0.6) is 0 Å². The molecular weight excluding hydrogens is 218 g/mol. The summed E-state index contributed by atoms with van der Waals surface area (Å²) in [6.45, 7) is 8.21. The van der Waals surface area contributed by atoms with Crippen molar-refractivity contribution >= 4 is 0 Å². The van der Waals surface area contributed by atoms with Crippen LogP contribution in [0.3, 0.4) is 0 Å². The molecule has 1 aromatic rings. The van der Waals surface area contributed by atoms with Crippen molar-refractivity contribution in [3.8, 4) is 0 Å². The van der Waals surface area contributed by atoms with Gasteiger partial charge in [-0.05, 0) is 37.2 Å². The maximum Gasteiger partial charge on any atom is 0.101 e. The SMILES string of the molecule is CCc1ccc(C[NH2+][C@@H]2CCC[C@@H](C)[C@@H]2C)cc1. The van der Waals surface area contributed by atoms with Crippen molar-refractivity contribution in [3.63, 3.8) is 0 Å². The molecule has 0 spiro atoms. The Labute approximate surface area is 112 Å². The Hall–Kier alpha value is -0.820. The first-order valence-corrected chi connectivity index (χ1v) is 7.62. The summed E-state index contributed by atoms with van der Waals surface area (Å²) in [6, 6.07) is 9.98. The Bertz CT molecular complexity index is 354. The fourth-order valence-corrected chi connectivity index (χ4v) is 3.15. The Morgan fingerprint density at radius 2 is 1.72 bits per heavy atom. The van der Waals surface area contributed by atoms with Gasteiger partial charge in [0.15, 0.2) is 0 Å². The lowest BCUT2D eigenvalue weighted by atomic mass is 9.78. The van der Waals surface area contributed by atoms with Gasteiger partial charge in [0.05, 0.1) is 6.04 Å². The van der Waals surface area contributed by atoms with E-state index in [1.807, 2.05) is 0 Å². The second-order valence-electron chi connectivity index (χ2n) is 6.04. The van der Waals surface area contributed by atoms with E-state index in [4.69, 9.17) is 0 Å². The third-order valence-corrected chi connectivity index (χ3v) is 4.86. The maximum atomic E-state index is 2.57. The highest BCUT2D eigenvalue weighted by Gasteiger charge is 2.29. The highest BCUT2D eigenvalue weighted by atomic mass is 14.9. The van der Waals surface area contributed by atoms with Crippen molar-refractivity contribution in [1.82, 2.24) is 0 Å². The molecule has 0 bridgehead atoms. The van der Waals surface area contributed by atoms with Crippen LogP contribution in [0.1, 0.15) is 51.2 Å². The summed E-state index contributed by atoms with van der Waals surface area (Å²) in [5.74, 6) is 1.77. The van der Waals surface area contributed by atoms with Crippen LogP contribution in [0, 0.1) is 11.8 Å². The summed E-state index contributed by atoms with van der Waals surface area (Å²) in [6.07, 6.45) is 5.39.